The number of nitrogens with one attached hydrogen (secondary N) is 2. The van der Waals surface area contributed by atoms with Crippen molar-refractivity contribution in [2.45, 2.75) is 30.3 Å². The van der Waals surface area contributed by atoms with Gasteiger partial charge in [0.25, 0.3) is 10.0 Å². The van der Waals surface area contributed by atoms with Crippen molar-refractivity contribution < 1.29 is 8.42 Å². The molecule has 3 fully saturated rings. The van der Waals surface area contributed by atoms with E-state index >= 15 is 0 Å². The zero-order valence-corrected chi connectivity index (χ0v) is 10.2. The third-order valence-corrected chi connectivity index (χ3v) is 6.17. The van der Waals surface area contributed by atoms with Crippen molar-refractivity contribution in [2.75, 3.05) is 0 Å². The summed E-state index contributed by atoms with van der Waals surface area (Å²) in [5.74, 6) is 2.79. The number of H-pyrrole nitrogens is 1. The van der Waals surface area contributed by atoms with Crippen molar-refractivity contribution in [1.29, 1.82) is 0 Å². The second-order valence-electron chi connectivity index (χ2n) is 5.55. The first-order valence-electron chi connectivity index (χ1n) is 6.17. The number of hydrogen-bond donors (Lipinski definition) is 2. The SMILES string of the molecule is O=S(=O)(NC1C2C3CCC(C3)C12)c1cnc[nH]1. The Morgan fingerprint density at radius 3 is 2.59 bits per heavy atom. The van der Waals surface area contributed by atoms with E-state index in [1.807, 2.05) is 0 Å². The maximum Gasteiger partial charge on any atom is 0.257 e. The van der Waals surface area contributed by atoms with Gasteiger partial charge >= 0.3 is 0 Å². The number of nitrogens with zero attached hydrogens (tertiary/aromatic N) is 1. The van der Waals surface area contributed by atoms with Gasteiger partial charge < -0.3 is 4.98 Å². The van der Waals surface area contributed by atoms with E-state index in [1.54, 1.807) is 0 Å². The summed E-state index contributed by atoms with van der Waals surface area (Å²) in [6.45, 7) is 0. The molecule has 1 aromatic heterocycles. The Morgan fingerprint density at radius 1 is 1.29 bits per heavy atom. The zero-order valence-electron chi connectivity index (χ0n) is 9.33. The summed E-state index contributed by atoms with van der Waals surface area (Å²) in [7, 11) is -3.38. The molecule has 3 saturated carbocycles. The van der Waals surface area contributed by atoms with Gasteiger partial charge in [-0.25, -0.2) is 18.1 Å². The van der Waals surface area contributed by atoms with Crippen molar-refractivity contribution in [3.05, 3.63) is 12.5 Å². The van der Waals surface area contributed by atoms with Crippen LogP contribution in [0.3, 0.4) is 0 Å². The van der Waals surface area contributed by atoms with Crippen LogP contribution in [0, 0.1) is 23.7 Å². The standard InChI is InChI=1S/C11H15N3O2S/c15-17(16,8-4-12-5-13-8)14-11-9-6-1-2-7(3-6)10(9)11/h4-7,9-11,14H,1-3H2,(H,12,13). The molecule has 0 spiro atoms. The molecule has 5 nitrogen and oxygen atoms in total. The molecule has 17 heavy (non-hydrogen) atoms. The van der Waals surface area contributed by atoms with Crippen molar-refractivity contribution >= 4 is 10.0 Å². The molecular weight excluding hydrogens is 238 g/mol. The third-order valence-electron chi connectivity index (χ3n) is 4.79. The molecule has 4 atom stereocenters. The van der Waals surface area contributed by atoms with Crippen LogP contribution in [0.15, 0.2) is 17.6 Å². The summed E-state index contributed by atoms with van der Waals surface area (Å²) in [5, 5.41) is 0.176. The number of aromatic amines is 1. The number of aromatic nitrogens is 2. The van der Waals surface area contributed by atoms with Crippen molar-refractivity contribution in [2.24, 2.45) is 23.7 Å². The quantitative estimate of drug-likeness (QED) is 0.834. The Balaban J connectivity index is 1.54. The average molecular weight is 253 g/mol. The van der Waals surface area contributed by atoms with Crippen molar-refractivity contribution in [3.8, 4) is 0 Å². The van der Waals surface area contributed by atoms with Gasteiger partial charge in [0.15, 0.2) is 5.03 Å². The van der Waals surface area contributed by atoms with Crippen LogP contribution in [0.1, 0.15) is 19.3 Å². The minimum atomic E-state index is -3.38. The van der Waals surface area contributed by atoms with Crippen LogP contribution in [0.25, 0.3) is 0 Å². The molecule has 0 saturated heterocycles. The van der Waals surface area contributed by atoms with E-state index in [1.165, 1.54) is 31.8 Å². The number of hydrogen-bond acceptors (Lipinski definition) is 3. The number of imidazole rings is 1. The Hall–Kier alpha value is -0.880. The zero-order chi connectivity index (χ0) is 11.6. The third kappa shape index (κ3) is 1.34. The highest BCUT2D eigenvalue weighted by molar-refractivity contribution is 7.89. The van der Waals surface area contributed by atoms with E-state index in [0.29, 0.717) is 11.8 Å². The Labute approximate surface area is 100 Å². The topological polar surface area (TPSA) is 74.8 Å². The van der Waals surface area contributed by atoms with Crippen molar-refractivity contribution in [3.63, 3.8) is 0 Å². The average Bonchev–Trinajstić information content (AvgIpc) is 2.83. The molecule has 4 unspecified atom stereocenters. The van der Waals surface area contributed by atoms with Crippen LogP contribution < -0.4 is 4.72 Å². The summed E-state index contributed by atoms with van der Waals surface area (Å²) >= 11 is 0. The highest BCUT2D eigenvalue weighted by atomic mass is 32.2. The highest BCUT2D eigenvalue weighted by Gasteiger charge is 2.65. The molecule has 3 aliphatic carbocycles. The molecule has 1 aromatic rings. The summed E-state index contributed by atoms with van der Waals surface area (Å²) < 4.78 is 26.9. The van der Waals surface area contributed by atoms with Crippen molar-refractivity contribution in [1.82, 2.24) is 14.7 Å². The summed E-state index contributed by atoms with van der Waals surface area (Å²) in [6.07, 6.45) is 6.68. The van der Waals surface area contributed by atoms with Gasteiger partial charge in [-0.2, -0.15) is 0 Å². The van der Waals surface area contributed by atoms with Gasteiger partial charge in [0.2, 0.25) is 0 Å². The largest absolute Gasteiger partial charge is 0.335 e. The normalized spacial score (nSPS) is 42.7. The lowest BCUT2D eigenvalue weighted by Gasteiger charge is -2.09. The van der Waals surface area contributed by atoms with Gasteiger partial charge in [-0.05, 0) is 42.9 Å². The second kappa shape index (κ2) is 3.11. The van der Waals surface area contributed by atoms with Crippen LogP contribution in [-0.2, 0) is 10.0 Å². The first kappa shape index (κ1) is 10.1. The van der Waals surface area contributed by atoms with Crippen LogP contribution in [0.5, 0.6) is 0 Å². The minimum absolute atomic E-state index is 0.176. The van der Waals surface area contributed by atoms with Gasteiger partial charge in [0, 0.05) is 6.04 Å². The molecule has 2 bridgehead atoms. The molecule has 0 aliphatic heterocycles. The maximum atomic E-state index is 12.0. The molecule has 6 heteroatoms. The molecule has 4 rings (SSSR count). The second-order valence-corrected chi connectivity index (χ2v) is 7.23. The van der Waals surface area contributed by atoms with Gasteiger partial charge in [0.05, 0.1) is 12.5 Å². The van der Waals surface area contributed by atoms with Crippen LogP contribution in [0.4, 0.5) is 0 Å². The van der Waals surface area contributed by atoms with Crippen LogP contribution >= 0.6 is 0 Å². The van der Waals surface area contributed by atoms with E-state index in [-0.39, 0.29) is 11.1 Å². The molecule has 3 aliphatic rings. The van der Waals surface area contributed by atoms with Gasteiger partial charge in [-0.15, -0.1) is 0 Å². The predicted octanol–water partition coefficient (Wildman–Crippen LogP) is 0.732. The maximum absolute atomic E-state index is 12.0. The van der Waals surface area contributed by atoms with Crippen LogP contribution in [0.2, 0.25) is 0 Å². The summed E-state index contributed by atoms with van der Waals surface area (Å²) in [5.41, 5.74) is 0. The van der Waals surface area contributed by atoms with E-state index in [4.69, 9.17) is 0 Å². The first-order valence-corrected chi connectivity index (χ1v) is 7.66. The fourth-order valence-corrected chi connectivity index (χ4v) is 5.32. The number of fused-ring (bicyclic) bond motifs is 5. The predicted molar refractivity (Wildman–Crippen MR) is 60.5 cm³/mol. The fourth-order valence-electron chi connectivity index (χ4n) is 4.12. The molecule has 2 N–H and O–H groups in total. The molecule has 1 heterocycles. The van der Waals surface area contributed by atoms with Crippen LogP contribution in [-0.4, -0.2) is 24.4 Å². The Morgan fingerprint density at radius 2 is 2.00 bits per heavy atom. The smallest absolute Gasteiger partial charge is 0.257 e. The van der Waals surface area contributed by atoms with Gasteiger partial charge in [0.1, 0.15) is 0 Å². The highest BCUT2D eigenvalue weighted by Crippen LogP contribution is 2.65. The van der Waals surface area contributed by atoms with E-state index < -0.39 is 10.0 Å². The Kier molecular flexibility index (Phi) is 1.85. The monoisotopic (exact) mass is 253 g/mol. The number of rotatable bonds is 3. The van der Waals surface area contributed by atoms with E-state index in [0.717, 1.165) is 11.8 Å². The molecule has 0 amide bonds. The molecule has 0 radical (unpaired) electrons. The molecule has 0 aromatic carbocycles. The summed E-state index contributed by atoms with van der Waals surface area (Å²) in [4.78, 5) is 6.41. The fraction of sp³-hybridized carbons (Fsp3) is 0.727. The van der Waals surface area contributed by atoms with E-state index in [9.17, 15) is 8.42 Å². The number of sulfonamides is 1. The minimum Gasteiger partial charge on any atom is -0.335 e. The lowest BCUT2D eigenvalue weighted by atomic mass is 10.0. The lowest BCUT2D eigenvalue weighted by Crippen LogP contribution is -2.30. The van der Waals surface area contributed by atoms with E-state index in [2.05, 4.69) is 14.7 Å². The van der Waals surface area contributed by atoms with Gasteiger partial charge in [-0.1, -0.05) is 0 Å². The Bertz CT molecular complexity index is 523. The first-order chi connectivity index (χ1) is 8.17. The molecule has 92 valence electrons. The van der Waals surface area contributed by atoms with Gasteiger partial charge in [-0.3, -0.25) is 0 Å². The summed E-state index contributed by atoms with van der Waals surface area (Å²) in [6, 6.07) is 0.189. The molecular formula is C11H15N3O2S. The lowest BCUT2D eigenvalue weighted by molar-refractivity contribution is 0.456.